The third-order valence-corrected chi connectivity index (χ3v) is 4.64. The average molecular weight is 362 g/mol. The number of hydrogen-bond acceptors (Lipinski definition) is 5. The van der Waals surface area contributed by atoms with E-state index in [1.165, 1.54) is 10.8 Å². The summed E-state index contributed by atoms with van der Waals surface area (Å²) in [5.74, 6) is -2.03. The topological polar surface area (TPSA) is 49.6 Å². The molecule has 0 unspecified atom stereocenters. The van der Waals surface area contributed by atoms with Gasteiger partial charge >= 0.3 is 0 Å². The molecule has 3 aromatic rings. The Kier molecular flexibility index (Phi) is 4.03. The van der Waals surface area contributed by atoms with Crippen molar-refractivity contribution in [2.75, 3.05) is 38.1 Å². The molecule has 0 N–H and O–H groups in total. The minimum absolute atomic E-state index is 0.266. The van der Waals surface area contributed by atoms with E-state index in [1.807, 2.05) is 11.9 Å². The molecule has 26 heavy (non-hydrogen) atoms. The van der Waals surface area contributed by atoms with Crippen molar-refractivity contribution in [3.63, 3.8) is 0 Å². The van der Waals surface area contributed by atoms with E-state index in [1.54, 1.807) is 6.92 Å². The summed E-state index contributed by atoms with van der Waals surface area (Å²) >= 11 is 0. The maximum atomic E-state index is 14.5. The molecule has 0 spiro atoms. The van der Waals surface area contributed by atoms with Crippen LogP contribution in [0.2, 0.25) is 0 Å². The number of nitrogens with zero attached hydrogens (tertiary/aromatic N) is 6. The summed E-state index contributed by atoms with van der Waals surface area (Å²) in [6, 6.07) is 1.36. The summed E-state index contributed by atoms with van der Waals surface area (Å²) in [5.41, 5.74) is 0.370. The number of piperazine rings is 1. The van der Waals surface area contributed by atoms with Crippen LogP contribution < -0.4 is 4.90 Å². The van der Waals surface area contributed by atoms with Crippen molar-refractivity contribution >= 4 is 11.6 Å². The van der Waals surface area contributed by atoms with Crippen LogP contribution in [-0.2, 0) is 0 Å². The average Bonchev–Trinajstić information content (AvgIpc) is 3.03. The minimum atomic E-state index is -0.970. The van der Waals surface area contributed by atoms with E-state index in [2.05, 4.69) is 20.0 Å². The maximum absolute atomic E-state index is 14.5. The number of rotatable bonds is 2. The lowest BCUT2D eigenvalue weighted by Crippen LogP contribution is -2.45. The van der Waals surface area contributed by atoms with Gasteiger partial charge < -0.3 is 9.80 Å². The van der Waals surface area contributed by atoms with E-state index in [0.717, 1.165) is 13.1 Å². The highest BCUT2D eigenvalue weighted by molar-refractivity contribution is 5.80. The predicted molar refractivity (Wildman–Crippen MR) is 90.5 cm³/mol. The first-order chi connectivity index (χ1) is 12.5. The van der Waals surface area contributed by atoms with Crippen molar-refractivity contribution in [1.29, 1.82) is 0 Å². The molecule has 1 saturated heterocycles. The van der Waals surface area contributed by atoms with Gasteiger partial charge in [0.25, 0.3) is 5.78 Å². The number of fused-ring (bicyclic) bond motifs is 1. The molecular weight excluding hydrogens is 345 g/mol. The van der Waals surface area contributed by atoms with Crippen LogP contribution in [0.15, 0.2) is 18.5 Å². The Balaban J connectivity index is 2.00. The lowest BCUT2D eigenvalue weighted by molar-refractivity contribution is 0.311. The van der Waals surface area contributed by atoms with Gasteiger partial charge in [0.2, 0.25) is 0 Å². The molecule has 1 aromatic carbocycles. The second-order valence-electron chi connectivity index (χ2n) is 6.40. The van der Waals surface area contributed by atoms with Gasteiger partial charge in [0.1, 0.15) is 29.6 Å². The number of benzene rings is 1. The van der Waals surface area contributed by atoms with E-state index in [4.69, 9.17) is 0 Å². The summed E-state index contributed by atoms with van der Waals surface area (Å²) in [4.78, 5) is 12.6. The molecule has 6 nitrogen and oxygen atoms in total. The van der Waals surface area contributed by atoms with E-state index in [9.17, 15) is 13.2 Å². The van der Waals surface area contributed by atoms with Gasteiger partial charge in [-0.25, -0.2) is 18.2 Å². The van der Waals surface area contributed by atoms with Crippen molar-refractivity contribution in [3.05, 3.63) is 41.6 Å². The molecule has 4 rings (SSSR count). The molecule has 1 aliphatic heterocycles. The van der Waals surface area contributed by atoms with Crippen LogP contribution in [0.25, 0.3) is 16.9 Å². The lowest BCUT2D eigenvalue weighted by atomic mass is 10.0. The quantitative estimate of drug-likeness (QED) is 0.700. The van der Waals surface area contributed by atoms with Crippen LogP contribution in [0.4, 0.5) is 19.0 Å². The number of aromatic nitrogens is 4. The Morgan fingerprint density at radius 3 is 2.27 bits per heavy atom. The number of likely N-dealkylation sites (N-methyl/N-ethyl adjacent to an activating group) is 1. The molecule has 0 bridgehead atoms. The molecule has 1 aliphatic rings. The van der Waals surface area contributed by atoms with Gasteiger partial charge in [-0.3, -0.25) is 0 Å². The van der Waals surface area contributed by atoms with E-state index in [-0.39, 0.29) is 11.1 Å². The molecule has 0 radical (unpaired) electrons. The van der Waals surface area contributed by atoms with Crippen LogP contribution in [0.3, 0.4) is 0 Å². The van der Waals surface area contributed by atoms with E-state index >= 15 is 0 Å². The highest BCUT2D eigenvalue weighted by Gasteiger charge is 2.27. The van der Waals surface area contributed by atoms with E-state index in [0.29, 0.717) is 42.5 Å². The van der Waals surface area contributed by atoms with Crippen molar-refractivity contribution in [2.24, 2.45) is 0 Å². The summed E-state index contributed by atoms with van der Waals surface area (Å²) in [5, 5.41) is 4.19. The Hall–Kier alpha value is -2.68. The monoisotopic (exact) mass is 362 g/mol. The Morgan fingerprint density at radius 1 is 0.962 bits per heavy atom. The second-order valence-corrected chi connectivity index (χ2v) is 6.40. The zero-order chi connectivity index (χ0) is 18.4. The summed E-state index contributed by atoms with van der Waals surface area (Å²) in [6.07, 6.45) is 1.35. The van der Waals surface area contributed by atoms with Crippen LogP contribution >= 0.6 is 0 Å². The van der Waals surface area contributed by atoms with Crippen LogP contribution in [0, 0.1) is 24.4 Å². The standard InChI is InChI=1S/C17H17F3N6/c1-10-14(15-12(19)7-11(18)8-13(15)20)16(25-5-3-24(2)4-6-25)26-17(23-10)21-9-22-26/h7-9H,3-6H2,1-2H3. The fraction of sp³-hybridized carbons (Fsp3) is 0.353. The van der Waals surface area contributed by atoms with Gasteiger partial charge in [-0.1, -0.05) is 0 Å². The third-order valence-electron chi connectivity index (χ3n) is 4.64. The van der Waals surface area contributed by atoms with Crippen molar-refractivity contribution in [2.45, 2.75) is 6.92 Å². The highest BCUT2D eigenvalue weighted by atomic mass is 19.1. The number of aryl methyl sites for hydroxylation is 1. The first kappa shape index (κ1) is 16.8. The molecule has 0 atom stereocenters. The van der Waals surface area contributed by atoms with Crippen molar-refractivity contribution < 1.29 is 13.2 Å². The Morgan fingerprint density at radius 2 is 1.62 bits per heavy atom. The number of hydrogen-bond donors (Lipinski definition) is 0. The molecule has 1 fully saturated rings. The molecule has 2 aromatic heterocycles. The molecular formula is C17H17F3N6. The van der Waals surface area contributed by atoms with Crippen molar-refractivity contribution in [1.82, 2.24) is 24.5 Å². The first-order valence-electron chi connectivity index (χ1n) is 8.24. The lowest BCUT2D eigenvalue weighted by Gasteiger charge is -2.35. The summed E-state index contributed by atoms with van der Waals surface area (Å²) in [7, 11) is 2.01. The first-order valence-corrected chi connectivity index (χ1v) is 8.24. The fourth-order valence-electron chi connectivity index (χ4n) is 3.32. The van der Waals surface area contributed by atoms with Gasteiger partial charge in [0.05, 0.1) is 16.8 Å². The number of anilines is 1. The van der Waals surface area contributed by atoms with Crippen LogP contribution in [0.5, 0.6) is 0 Å². The molecule has 9 heteroatoms. The zero-order valence-corrected chi connectivity index (χ0v) is 14.4. The number of halogens is 3. The molecule has 0 aliphatic carbocycles. The highest BCUT2D eigenvalue weighted by Crippen LogP contribution is 2.37. The van der Waals surface area contributed by atoms with Crippen LogP contribution in [-0.4, -0.2) is 57.7 Å². The molecule has 3 heterocycles. The van der Waals surface area contributed by atoms with Gasteiger partial charge in [-0.15, -0.1) is 0 Å². The zero-order valence-electron chi connectivity index (χ0n) is 14.4. The van der Waals surface area contributed by atoms with Gasteiger partial charge in [0.15, 0.2) is 0 Å². The van der Waals surface area contributed by atoms with Crippen LogP contribution in [0.1, 0.15) is 5.69 Å². The summed E-state index contributed by atoms with van der Waals surface area (Å²) < 4.78 is 43.9. The predicted octanol–water partition coefficient (Wildman–Crippen LogP) is 2.27. The normalized spacial score (nSPS) is 15.8. The molecule has 0 saturated carbocycles. The van der Waals surface area contributed by atoms with Gasteiger partial charge in [0, 0.05) is 38.3 Å². The Bertz CT molecular complexity index is 955. The SMILES string of the molecule is Cc1nc2ncnn2c(N2CCN(C)CC2)c1-c1c(F)cc(F)cc1F. The molecule has 136 valence electrons. The third kappa shape index (κ3) is 2.68. The maximum Gasteiger partial charge on any atom is 0.254 e. The van der Waals surface area contributed by atoms with Crippen molar-refractivity contribution in [3.8, 4) is 11.1 Å². The van der Waals surface area contributed by atoms with E-state index < -0.39 is 17.5 Å². The Labute approximate surface area is 147 Å². The second kappa shape index (κ2) is 6.24. The van der Waals surface area contributed by atoms with Gasteiger partial charge in [-0.2, -0.15) is 14.6 Å². The minimum Gasteiger partial charge on any atom is -0.353 e. The summed E-state index contributed by atoms with van der Waals surface area (Å²) in [6.45, 7) is 4.57. The largest absolute Gasteiger partial charge is 0.353 e. The fourth-order valence-corrected chi connectivity index (χ4v) is 3.32. The smallest absolute Gasteiger partial charge is 0.254 e. The molecule has 0 amide bonds. The van der Waals surface area contributed by atoms with Gasteiger partial charge in [-0.05, 0) is 14.0 Å².